The normalized spacial score (nSPS) is 24.8. The lowest BCUT2D eigenvalue weighted by atomic mass is 9.77. The van der Waals surface area contributed by atoms with E-state index in [1.165, 1.54) is 0 Å². The lowest BCUT2D eigenvalue weighted by Gasteiger charge is -2.27. The second-order valence-electron chi connectivity index (χ2n) is 8.50. The highest BCUT2D eigenvalue weighted by Gasteiger charge is 2.74. The van der Waals surface area contributed by atoms with Crippen LogP contribution in [0.25, 0.3) is 0 Å². The molecule has 1 spiro atoms. The van der Waals surface area contributed by atoms with Crippen LogP contribution in [0.15, 0.2) is 72.8 Å². The van der Waals surface area contributed by atoms with Gasteiger partial charge in [0.2, 0.25) is 29.0 Å². The fourth-order valence-corrected chi connectivity index (χ4v) is 6.20. The summed E-state index contributed by atoms with van der Waals surface area (Å²) in [6, 6.07) is 20.1. The van der Waals surface area contributed by atoms with Gasteiger partial charge in [0.1, 0.15) is 0 Å². The van der Waals surface area contributed by atoms with Gasteiger partial charge in [0.05, 0.1) is 23.6 Å². The van der Waals surface area contributed by atoms with Gasteiger partial charge in [0.25, 0.3) is 0 Å². The number of para-hydroxylation sites is 1. The summed E-state index contributed by atoms with van der Waals surface area (Å²) in [5, 5.41) is 0.414. The van der Waals surface area contributed by atoms with Crippen LogP contribution in [0.2, 0.25) is 5.02 Å². The molecule has 6 nitrogen and oxygen atoms in total. The predicted octanol–water partition coefficient (Wildman–Crippen LogP) is 4.64. The molecule has 2 aliphatic heterocycles. The number of ether oxygens (including phenoxy) is 1. The molecule has 3 atom stereocenters. The van der Waals surface area contributed by atoms with Gasteiger partial charge in [-0.05, 0) is 52.4 Å². The van der Waals surface area contributed by atoms with E-state index in [2.05, 4.69) is 22.6 Å². The van der Waals surface area contributed by atoms with Crippen LogP contribution in [0.4, 0.5) is 5.69 Å². The van der Waals surface area contributed by atoms with Gasteiger partial charge in [-0.15, -0.1) is 0 Å². The summed E-state index contributed by atoms with van der Waals surface area (Å²) in [4.78, 5) is 56.2. The largest absolute Gasteiger partial charge is 0.349 e. The van der Waals surface area contributed by atoms with E-state index in [-0.39, 0.29) is 11.1 Å². The maximum absolute atomic E-state index is 13.9. The molecule has 3 aliphatic rings. The van der Waals surface area contributed by atoms with E-state index in [0.29, 0.717) is 19.8 Å². The second-order valence-corrected chi connectivity index (χ2v) is 10.1. The molecule has 0 saturated carbocycles. The van der Waals surface area contributed by atoms with Crippen molar-refractivity contribution < 1.29 is 23.9 Å². The number of anilines is 1. The molecule has 3 aromatic carbocycles. The van der Waals surface area contributed by atoms with Crippen LogP contribution in [0, 0.1) is 15.4 Å². The highest BCUT2D eigenvalue weighted by molar-refractivity contribution is 14.1. The van der Waals surface area contributed by atoms with Crippen molar-refractivity contribution in [2.24, 2.45) is 11.8 Å². The van der Waals surface area contributed by atoms with Crippen LogP contribution in [-0.4, -0.2) is 29.0 Å². The van der Waals surface area contributed by atoms with Crippen molar-refractivity contribution in [2.75, 3.05) is 4.90 Å². The first kappa shape index (κ1) is 21.6. The zero-order valence-electron chi connectivity index (χ0n) is 17.4. The molecule has 2 amide bonds. The SMILES string of the molecule is O=C1[C@H]2[C@H](c3cccc(Cl)c3)OC3(C(=O)c4ccccc4C3=O)[C@H]2C(=O)N1c1ccccc1I. The van der Waals surface area contributed by atoms with Crippen LogP contribution in [0.5, 0.6) is 0 Å². The van der Waals surface area contributed by atoms with E-state index < -0.39 is 46.9 Å². The molecule has 0 radical (unpaired) electrons. The molecule has 8 heteroatoms. The summed E-state index contributed by atoms with van der Waals surface area (Å²) < 4.78 is 6.95. The van der Waals surface area contributed by atoms with Gasteiger partial charge in [-0.2, -0.15) is 0 Å². The maximum Gasteiger partial charge on any atom is 0.241 e. The van der Waals surface area contributed by atoms with Crippen LogP contribution in [-0.2, 0) is 14.3 Å². The number of hydrogen-bond donors (Lipinski definition) is 0. The molecule has 0 bridgehead atoms. The number of halogens is 2. The van der Waals surface area contributed by atoms with Gasteiger partial charge < -0.3 is 4.74 Å². The number of fused-ring (bicyclic) bond motifs is 3. The number of ketones is 2. The zero-order valence-corrected chi connectivity index (χ0v) is 20.3. The molecule has 0 aromatic heterocycles. The molecule has 6 rings (SSSR count). The van der Waals surface area contributed by atoms with E-state index in [4.69, 9.17) is 16.3 Å². The third kappa shape index (κ3) is 2.71. The highest BCUT2D eigenvalue weighted by Crippen LogP contribution is 2.58. The van der Waals surface area contributed by atoms with E-state index in [9.17, 15) is 19.2 Å². The van der Waals surface area contributed by atoms with Crippen molar-refractivity contribution in [3.05, 3.63) is 98.1 Å². The molecule has 168 valence electrons. The third-order valence-corrected chi connectivity index (χ3v) is 7.94. The molecule has 3 aromatic rings. The smallest absolute Gasteiger partial charge is 0.241 e. The first-order chi connectivity index (χ1) is 16.4. The molecule has 0 unspecified atom stereocenters. The van der Waals surface area contributed by atoms with Crippen molar-refractivity contribution in [2.45, 2.75) is 11.7 Å². The van der Waals surface area contributed by atoms with Gasteiger partial charge in [-0.25, -0.2) is 4.90 Å². The quantitative estimate of drug-likeness (QED) is 0.250. The fourth-order valence-electron chi connectivity index (χ4n) is 5.37. The van der Waals surface area contributed by atoms with Crippen LogP contribution < -0.4 is 4.90 Å². The van der Waals surface area contributed by atoms with Crippen LogP contribution >= 0.6 is 34.2 Å². The second kappa shape index (κ2) is 7.56. The summed E-state index contributed by atoms with van der Waals surface area (Å²) in [5.74, 6) is -4.62. The third-order valence-electron chi connectivity index (χ3n) is 6.79. The van der Waals surface area contributed by atoms with Gasteiger partial charge in [0.15, 0.2) is 0 Å². The van der Waals surface area contributed by atoms with Gasteiger partial charge >= 0.3 is 0 Å². The number of carbonyl (C=O) groups excluding carboxylic acids is 4. The number of Topliss-reactive ketones (excluding diaryl/α,β-unsaturated/α-hetero) is 2. The Hall–Kier alpha value is -2.88. The van der Waals surface area contributed by atoms with Crippen molar-refractivity contribution in [3.63, 3.8) is 0 Å². The van der Waals surface area contributed by atoms with Crippen molar-refractivity contribution in [3.8, 4) is 0 Å². The molecule has 2 heterocycles. The molecule has 2 saturated heterocycles. The highest BCUT2D eigenvalue weighted by atomic mass is 127. The Bertz CT molecular complexity index is 1400. The first-order valence-electron chi connectivity index (χ1n) is 10.6. The van der Waals surface area contributed by atoms with E-state index in [1.807, 2.05) is 0 Å². The summed E-state index contributed by atoms with van der Waals surface area (Å²) in [5.41, 5.74) is -0.746. The zero-order chi connectivity index (χ0) is 23.8. The molecule has 2 fully saturated rings. The Morgan fingerprint density at radius 3 is 2.12 bits per heavy atom. The van der Waals surface area contributed by atoms with Crippen LogP contribution in [0.1, 0.15) is 32.4 Å². The summed E-state index contributed by atoms with van der Waals surface area (Å²) >= 11 is 8.26. The number of benzene rings is 3. The number of amides is 2. The number of imide groups is 1. The molecule has 0 N–H and O–H groups in total. The number of carbonyl (C=O) groups is 4. The van der Waals surface area contributed by atoms with Crippen molar-refractivity contribution in [1.29, 1.82) is 0 Å². The lowest BCUT2D eigenvalue weighted by Crippen LogP contribution is -2.51. The average Bonchev–Trinajstić information content (AvgIpc) is 3.40. The van der Waals surface area contributed by atoms with Crippen molar-refractivity contribution >= 4 is 63.3 Å². The molecule has 1 aliphatic carbocycles. The first-order valence-corrected chi connectivity index (χ1v) is 12.1. The van der Waals surface area contributed by atoms with Crippen LogP contribution in [0.3, 0.4) is 0 Å². The Morgan fingerprint density at radius 1 is 0.824 bits per heavy atom. The van der Waals surface area contributed by atoms with E-state index in [1.54, 1.807) is 72.8 Å². The van der Waals surface area contributed by atoms with Crippen molar-refractivity contribution in [1.82, 2.24) is 0 Å². The topological polar surface area (TPSA) is 80.8 Å². The Morgan fingerprint density at radius 2 is 1.47 bits per heavy atom. The fraction of sp³-hybridized carbons (Fsp3) is 0.154. The Kier molecular flexibility index (Phi) is 4.81. The van der Waals surface area contributed by atoms with Gasteiger partial charge in [0, 0.05) is 19.7 Å². The maximum atomic E-state index is 13.9. The van der Waals surface area contributed by atoms with E-state index in [0.717, 1.165) is 4.90 Å². The summed E-state index contributed by atoms with van der Waals surface area (Å²) in [6.07, 6.45) is -0.992. The summed E-state index contributed by atoms with van der Waals surface area (Å²) in [7, 11) is 0. The number of hydrogen-bond acceptors (Lipinski definition) is 5. The van der Waals surface area contributed by atoms with Gasteiger partial charge in [-0.3, -0.25) is 19.2 Å². The minimum absolute atomic E-state index is 0.200. The lowest BCUT2D eigenvalue weighted by molar-refractivity contribution is -0.127. The van der Waals surface area contributed by atoms with Gasteiger partial charge in [-0.1, -0.05) is 60.1 Å². The Balaban J connectivity index is 1.57. The monoisotopic (exact) mass is 583 g/mol. The Labute approximate surface area is 213 Å². The minimum atomic E-state index is -2.09. The molecular formula is C26H15ClINO5. The summed E-state index contributed by atoms with van der Waals surface area (Å²) in [6.45, 7) is 0. The average molecular weight is 584 g/mol. The minimum Gasteiger partial charge on any atom is -0.349 e. The predicted molar refractivity (Wildman–Crippen MR) is 132 cm³/mol. The van der Waals surface area contributed by atoms with E-state index >= 15 is 0 Å². The number of nitrogens with zero attached hydrogens (tertiary/aromatic N) is 1. The number of rotatable bonds is 2. The molecular weight excluding hydrogens is 569 g/mol. The molecule has 34 heavy (non-hydrogen) atoms. The standard InChI is InChI=1S/C26H15ClINO5/c27-14-7-5-6-13(12-14)21-19-20(25(33)29(24(19)32)18-11-4-3-10-17(18)28)26(34-21)22(30)15-8-1-2-9-16(15)23(26)31/h1-12,19-21H/t19-,20-,21+/m1/s1.